The predicted molar refractivity (Wildman–Crippen MR) is 57.4 cm³/mol. The van der Waals surface area contributed by atoms with Gasteiger partial charge in [-0.15, -0.1) is 0 Å². The van der Waals surface area contributed by atoms with E-state index in [-0.39, 0.29) is 17.4 Å². The van der Waals surface area contributed by atoms with E-state index in [9.17, 15) is 9.59 Å². The van der Waals surface area contributed by atoms with Crippen LogP contribution in [0.1, 0.15) is 32.6 Å². The highest BCUT2D eigenvalue weighted by molar-refractivity contribution is 5.86. The maximum atomic E-state index is 11.7. The van der Waals surface area contributed by atoms with Gasteiger partial charge in [-0.05, 0) is 25.7 Å². The normalized spacial score (nSPS) is 34.8. The summed E-state index contributed by atoms with van der Waals surface area (Å²) in [5.74, 6) is -0.306. The number of hydrogen-bond acceptors (Lipinski definition) is 4. The predicted octanol–water partition coefficient (Wildman–Crippen LogP) is -0.0644. The molecule has 2 saturated carbocycles. The van der Waals surface area contributed by atoms with Crippen LogP contribution in [0, 0.1) is 5.41 Å². The lowest BCUT2D eigenvalue weighted by Gasteiger charge is -2.42. The minimum Gasteiger partial charge on any atom is -0.468 e. The molecule has 5 heteroatoms. The van der Waals surface area contributed by atoms with Gasteiger partial charge in [-0.3, -0.25) is 9.59 Å². The third kappa shape index (κ3) is 1.80. The topological polar surface area (TPSA) is 81.4 Å². The fraction of sp³-hybridized carbons (Fsp3) is 0.818. The van der Waals surface area contributed by atoms with Crippen LogP contribution in [0.2, 0.25) is 0 Å². The van der Waals surface area contributed by atoms with Crippen molar-refractivity contribution in [3.8, 4) is 0 Å². The molecule has 1 amide bonds. The van der Waals surface area contributed by atoms with Crippen LogP contribution in [0.3, 0.4) is 0 Å². The van der Waals surface area contributed by atoms with E-state index < -0.39 is 11.5 Å². The summed E-state index contributed by atoms with van der Waals surface area (Å²) in [6.45, 7) is 1.96. The van der Waals surface area contributed by atoms with Gasteiger partial charge in [0.1, 0.15) is 5.54 Å². The Labute approximate surface area is 94.7 Å². The molecular weight excluding hydrogens is 208 g/mol. The fourth-order valence-electron chi connectivity index (χ4n) is 2.07. The lowest BCUT2D eigenvalue weighted by Crippen LogP contribution is -2.65. The van der Waals surface area contributed by atoms with Crippen molar-refractivity contribution in [2.45, 2.75) is 44.2 Å². The molecule has 0 unspecified atom stereocenters. The Morgan fingerprint density at radius 1 is 1.38 bits per heavy atom. The number of carbonyl (C=O) groups excluding carboxylic acids is 2. The van der Waals surface area contributed by atoms with Gasteiger partial charge >= 0.3 is 5.97 Å². The first kappa shape index (κ1) is 11.4. The molecule has 0 saturated heterocycles. The quantitative estimate of drug-likeness (QED) is 0.660. The van der Waals surface area contributed by atoms with Gasteiger partial charge in [0.2, 0.25) is 5.91 Å². The summed E-state index contributed by atoms with van der Waals surface area (Å²) in [4.78, 5) is 23.0. The molecule has 0 aliphatic heterocycles. The van der Waals surface area contributed by atoms with Gasteiger partial charge in [-0.1, -0.05) is 6.92 Å². The molecule has 2 aliphatic rings. The molecule has 0 radical (unpaired) electrons. The molecular formula is C11H18N2O3. The Morgan fingerprint density at radius 3 is 2.38 bits per heavy atom. The van der Waals surface area contributed by atoms with Gasteiger partial charge in [-0.2, -0.15) is 0 Å². The number of carbonyl (C=O) groups is 2. The van der Waals surface area contributed by atoms with E-state index in [1.54, 1.807) is 0 Å². The first-order valence-corrected chi connectivity index (χ1v) is 5.58. The van der Waals surface area contributed by atoms with Crippen LogP contribution in [0.15, 0.2) is 0 Å². The minimum absolute atomic E-state index is 0.0222. The molecule has 90 valence electrons. The number of amides is 1. The molecule has 0 bridgehead atoms. The van der Waals surface area contributed by atoms with Gasteiger partial charge in [0.05, 0.1) is 7.11 Å². The zero-order valence-electron chi connectivity index (χ0n) is 9.71. The van der Waals surface area contributed by atoms with Crippen molar-refractivity contribution < 1.29 is 14.3 Å². The summed E-state index contributed by atoms with van der Waals surface area (Å²) in [5, 5.41) is 2.93. The summed E-state index contributed by atoms with van der Waals surface area (Å²) >= 11 is 0. The largest absolute Gasteiger partial charge is 0.468 e. The van der Waals surface area contributed by atoms with Crippen LogP contribution < -0.4 is 11.1 Å². The minimum atomic E-state index is -0.892. The van der Waals surface area contributed by atoms with Gasteiger partial charge < -0.3 is 15.8 Å². The molecule has 5 nitrogen and oxygen atoms in total. The molecule has 2 aliphatic carbocycles. The fourth-order valence-corrected chi connectivity index (χ4v) is 2.07. The van der Waals surface area contributed by atoms with Crippen molar-refractivity contribution in [1.82, 2.24) is 5.32 Å². The third-order valence-corrected chi connectivity index (χ3v) is 3.70. The van der Waals surface area contributed by atoms with Crippen LogP contribution >= 0.6 is 0 Å². The van der Waals surface area contributed by atoms with Gasteiger partial charge in [-0.25, -0.2) is 0 Å². The summed E-state index contributed by atoms with van der Waals surface area (Å²) in [6.07, 6.45) is 2.86. The van der Waals surface area contributed by atoms with Gasteiger partial charge in [0.25, 0.3) is 0 Å². The van der Waals surface area contributed by atoms with E-state index >= 15 is 0 Å². The van der Waals surface area contributed by atoms with E-state index in [0.717, 1.165) is 12.8 Å². The molecule has 0 aromatic rings. The Hall–Kier alpha value is -1.10. The average molecular weight is 226 g/mol. The van der Waals surface area contributed by atoms with E-state index in [0.29, 0.717) is 12.8 Å². The standard InChI is InChI=1S/C11H18N2O3/c1-10(3-4-10)8(14)13-7-5-11(12,6-7)9(15)16-2/h7H,3-6,12H2,1-2H3,(H,13,14). The lowest BCUT2D eigenvalue weighted by atomic mass is 9.73. The first-order valence-electron chi connectivity index (χ1n) is 5.58. The lowest BCUT2D eigenvalue weighted by molar-refractivity contribution is -0.152. The summed E-state index contributed by atoms with van der Waals surface area (Å²) < 4.78 is 4.61. The molecule has 2 rings (SSSR count). The summed E-state index contributed by atoms with van der Waals surface area (Å²) in [7, 11) is 1.33. The van der Waals surface area contributed by atoms with Crippen molar-refractivity contribution in [3.05, 3.63) is 0 Å². The number of methoxy groups -OCH3 is 1. The van der Waals surface area contributed by atoms with Gasteiger partial charge in [0.15, 0.2) is 0 Å². The van der Waals surface area contributed by atoms with Gasteiger partial charge in [0, 0.05) is 11.5 Å². The molecule has 0 atom stereocenters. The maximum absolute atomic E-state index is 11.7. The van der Waals surface area contributed by atoms with Crippen molar-refractivity contribution in [2.75, 3.05) is 7.11 Å². The van der Waals surface area contributed by atoms with Crippen LogP contribution in [0.4, 0.5) is 0 Å². The van der Waals surface area contributed by atoms with Crippen LogP contribution in [-0.2, 0) is 14.3 Å². The molecule has 0 spiro atoms. The third-order valence-electron chi connectivity index (χ3n) is 3.70. The first-order chi connectivity index (χ1) is 7.39. The Bertz CT molecular complexity index is 330. The number of esters is 1. The second kappa shape index (κ2) is 3.45. The zero-order valence-corrected chi connectivity index (χ0v) is 9.71. The van der Waals surface area contributed by atoms with E-state index in [2.05, 4.69) is 10.1 Å². The summed E-state index contributed by atoms with van der Waals surface area (Å²) in [5.41, 5.74) is 4.76. The molecule has 3 N–H and O–H groups in total. The van der Waals surface area contributed by atoms with Crippen LogP contribution in [0.5, 0.6) is 0 Å². The molecule has 0 aromatic carbocycles. The van der Waals surface area contributed by atoms with Crippen molar-refractivity contribution in [1.29, 1.82) is 0 Å². The number of nitrogens with two attached hydrogens (primary N) is 1. The SMILES string of the molecule is COC(=O)C1(N)CC(NC(=O)C2(C)CC2)C1. The molecule has 2 fully saturated rings. The van der Waals surface area contributed by atoms with Crippen LogP contribution in [0.25, 0.3) is 0 Å². The number of rotatable bonds is 3. The second-order valence-corrected chi connectivity index (χ2v) is 5.29. The number of hydrogen-bond donors (Lipinski definition) is 2. The molecule has 0 aromatic heterocycles. The highest BCUT2D eigenvalue weighted by Gasteiger charge is 2.51. The van der Waals surface area contributed by atoms with Crippen molar-refractivity contribution in [3.63, 3.8) is 0 Å². The molecule has 16 heavy (non-hydrogen) atoms. The average Bonchev–Trinajstić information content (AvgIpc) is 2.94. The smallest absolute Gasteiger partial charge is 0.325 e. The number of nitrogens with one attached hydrogen (secondary N) is 1. The Morgan fingerprint density at radius 2 is 1.94 bits per heavy atom. The Balaban J connectivity index is 1.80. The highest BCUT2D eigenvalue weighted by Crippen LogP contribution is 2.45. The zero-order chi connectivity index (χ0) is 12.0. The van der Waals surface area contributed by atoms with E-state index in [1.807, 2.05) is 6.92 Å². The number of ether oxygens (including phenoxy) is 1. The van der Waals surface area contributed by atoms with Crippen molar-refractivity contribution in [2.24, 2.45) is 11.1 Å². The second-order valence-electron chi connectivity index (χ2n) is 5.29. The highest BCUT2D eigenvalue weighted by atomic mass is 16.5. The summed E-state index contributed by atoms with van der Waals surface area (Å²) in [6, 6.07) is 0.0222. The van der Waals surface area contributed by atoms with Crippen molar-refractivity contribution >= 4 is 11.9 Å². The van der Waals surface area contributed by atoms with E-state index in [1.165, 1.54) is 7.11 Å². The monoisotopic (exact) mass is 226 g/mol. The molecule has 0 heterocycles. The van der Waals surface area contributed by atoms with E-state index in [4.69, 9.17) is 5.73 Å². The maximum Gasteiger partial charge on any atom is 0.325 e. The Kier molecular flexibility index (Phi) is 2.45. The van der Waals surface area contributed by atoms with Crippen LogP contribution in [-0.4, -0.2) is 30.6 Å².